The monoisotopic (exact) mass is 557 g/mol. The molecule has 0 spiro atoms. The van der Waals surface area contributed by atoms with Gasteiger partial charge in [-0.2, -0.15) is 0 Å². The fourth-order valence-corrected chi connectivity index (χ4v) is 4.92. The maximum Gasteiger partial charge on any atom is 0.338 e. The SMILES string of the molecule is CCCCCCCCCCCCCCCCOCC(COC(=O)c1ccc(C[n+]2ccn(CC)c2)cc1)OCC. The predicted octanol–water partition coefficient (Wildman–Crippen LogP) is 7.90. The molecule has 226 valence electrons. The van der Waals surface area contributed by atoms with Crippen molar-refractivity contribution in [1.82, 2.24) is 4.57 Å². The highest BCUT2D eigenvalue weighted by Gasteiger charge is 2.14. The van der Waals surface area contributed by atoms with Crippen LogP contribution in [-0.2, 0) is 27.3 Å². The van der Waals surface area contributed by atoms with E-state index in [0.29, 0.717) is 18.8 Å². The second-order valence-electron chi connectivity index (χ2n) is 11.0. The molecule has 0 saturated carbocycles. The highest BCUT2D eigenvalue weighted by molar-refractivity contribution is 5.89. The first-order valence-corrected chi connectivity index (χ1v) is 16.2. The second-order valence-corrected chi connectivity index (χ2v) is 11.0. The third kappa shape index (κ3) is 15.6. The number of benzene rings is 1. The quantitative estimate of drug-likeness (QED) is 0.0707. The molecule has 0 aliphatic carbocycles. The van der Waals surface area contributed by atoms with Crippen LogP contribution in [0.25, 0.3) is 0 Å². The standard InChI is InChI=1S/C34H57N2O4/c1-4-7-8-9-10-11-12-13-14-15-16-17-18-19-26-38-28-33(39-6-3)29-40-34(37)32-22-20-31(21-23-32)27-36-25-24-35(5-2)30-36/h20-25,30,33H,4-19,26-29H2,1-3H3/q+1. The lowest BCUT2D eigenvalue weighted by Gasteiger charge is -2.17. The van der Waals surface area contributed by atoms with Gasteiger partial charge in [-0.05, 0) is 38.0 Å². The number of hydrogen-bond donors (Lipinski definition) is 0. The molecule has 6 nitrogen and oxygen atoms in total. The van der Waals surface area contributed by atoms with Crippen LogP contribution in [0, 0.1) is 0 Å². The van der Waals surface area contributed by atoms with Crippen LogP contribution in [0.1, 0.15) is 127 Å². The molecule has 6 heteroatoms. The van der Waals surface area contributed by atoms with Gasteiger partial charge in [0.2, 0.25) is 6.33 Å². The van der Waals surface area contributed by atoms with E-state index in [4.69, 9.17) is 14.2 Å². The Bertz CT molecular complexity index is 880. The number of aromatic nitrogens is 2. The van der Waals surface area contributed by atoms with Crippen LogP contribution in [0.15, 0.2) is 43.0 Å². The van der Waals surface area contributed by atoms with Crippen molar-refractivity contribution in [2.75, 3.05) is 26.4 Å². The minimum Gasteiger partial charge on any atom is -0.459 e. The summed E-state index contributed by atoms with van der Waals surface area (Å²) >= 11 is 0. The van der Waals surface area contributed by atoms with Gasteiger partial charge in [-0.25, -0.2) is 13.9 Å². The zero-order valence-electron chi connectivity index (χ0n) is 25.8. The van der Waals surface area contributed by atoms with Crippen LogP contribution in [0.3, 0.4) is 0 Å². The number of hydrogen-bond acceptors (Lipinski definition) is 4. The minimum absolute atomic E-state index is 0.202. The van der Waals surface area contributed by atoms with Gasteiger partial charge in [0.1, 0.15) is 31.6 Å². The first kappa shape index (κ1) is 34.0. The fraction of sp³-hybridized carbons (Fsp3) is 0.706. The lowest BCUT2D eigenvalue weighted by molar-refractivity contribution is -0.687. The van der Waals surface area contributed by atoms with Crippen LogP contribution in [0.4, 0.5) is 0 Å². The highest BCUT2D eigenvalue weighted by Crippen LogP contribution is 2.13. The molecule has 0 fully saturated rings. The van der Waals surface area contributed by atoms with Crippen LogP contribution < -0.4 is 4.57 Å². The van der Waals surface area contributed by atoms with E-state index in [1.165, 1.54) is 83.5 Å². The Morgan fingerprint density at radius 2 is 1.40 bits per heavy atom. The van der Waals surface area contributed by atoms with Gasteiger partial charge >= 0.3 is 5.97 Å². The molecule has 2 aromatic rings. The Kier molecular flexibility index (Phi) is 19.1. The van der Waals surface area contributed by atoms with E-state index >= 15 is 0 Å². The number of aryl methyl sites for hydroxylation is 1. The molecule has 0 amide bonds. The van der Waals surface area contributed by atoms with Gasteiger partial charge in [0.15, 0.2) is 0 Å². The van der Waals surface area contributed by atoms with Crippen molar-refractivity contribution in [3.8, 4) is 0 Å². The second kappa shape index (κ2) is 22.5. The fourth-order valence-electron chi connectivity index (χ4n) is 4.92. The van der Waals surface area contributed by atoms with Crippen LogP contribution >= 0.6 is 0 Å². The molecule has 0 N–H and O–H groups in total. The van der Waals surface area contributed by atoms with E-state index in [1.807, 2.05) is 31.2 Å². The topological polar surface area (TPSA) is 53.6 Å². The van der Waals surface area contributed by atoms with Crippen molar-refractivity contribution in [2.45, 2.75) is 130 Å². The van der Waals surface area contributed by atoms with E-state index in [1.54, 1.807) is 0 Å². The third-order valence-corrected chi connectivity index (χ3v) is 7.41. The molecule has 0 bridgehead atoms. The van der Waals surface area contributed by atoms with Crippen molar-refractivity contribution in [1.29, 1.82) is 0 Å². The number of esters is 1. The normalized spacial score (nSPS) is 12.1. The Hall–Kier alpha value is -2.18. The molecule has 1 aromatic heterocycles. The number of unbranched alkanes of at least 4 members (excludes halogenated alkanes) is 13. The minimum atomic E-state index is -0.326. The van der Waals surface area contributed by atoms with Gasteiger partial charge < -0.3 is 14.2 Å². The largest absolute Gasteiger partial charge is 0.459 e. The Morgan fingerprint density at radius 1 is 0.800 bits per heavy atom. The Balaban J connectivity index is 1.50. The van der Waals surface area contributed by atoms with E-state index in [-0.39, 0.29) is 18.7 Å². The number of imidazole rings is 1. The van der Waals surface area contributed by atoms with Crippen LogP contribution in [-0.4, -0.2) is 43.1 Å². The molecule has 1 aromatic carbocycles. The molecule has 1 unspecified atom stereocenters. The molecule has 40 heavy (non-hydrogen) atoms. The summed E-state index contributed by atoms with van der Waals surface area (Å²) in [6, 6.07) is 7.62. The van der Waals surface area contributed by atoms with Gasteiger partial charge in [0.25, 0.3) is 0 Å². The summed E-state index contributed by atoms with van der Waals surface area (Å²) in [5.41, 5.74) is 1.69. The van der Waals surface area contributed by atoms with Gasteiger partial charge in [-0.1, -0.05) is 103 Å². The summed E-state index contributed by atoms with van der Waals surface area (Å²) in [6.07, 6.45) is 24.9. The van der Waals surface area contributed by atoms with Crippen molar-refractivity contribution in [2.24, 2.45) is 0 Å². The smallest absolute Gasteiger partial charge is 0.338 e. The number of ether oxygens (including phenoxy) is 3. The molecule has 0 saturated heterocycles. The Labute approximate surface area is 244 Å². The molecule has 1 atom stereocenters. The first-order valence-electron chi connectivity index (χ1n) is 16.2. The summed E-state index contributed by atoms with van der Waals surface area (Å²) in [6.45, 7) is 10.0. The van der Waals surface area contributed by atoms with E-state index < -0.39 is 0 Å². The predicted molar refractivity (Wildman–Crippen MR) is 163 cm³/mol. The lowest BCUT2D eigenvalue weighted by atomic mass is 10.0. The van der Waals surface area contributed by atoms with Gasteiger partial charge in [-0.15, -0.1) is 0 Å². The molecular weight excluding hydrogens is 500 g/mol. The highest BCUT2D eigenvalue weighted by atomic mass is 16.6. The van der Waals surface area contributed by atoms with Crippen LogP contribution in [0.2, 0.25) is 0 Å². The Morgan fingerprint density at radius 3 is 1.95 bits per heavy atom. The average molecular weight is 558 g/mol. The molecule has 0 aliphatic heterocycles. The first-order chi connectivity index (χ1) is 19.7. The van der Waals surface area contributed by atoms with E-state index in [9.17, 15) is 4.79 Å². The summed E-state index contributed by atoms with van der Waals surface area (Å²) in [5, 5.41) is 0. The summed E-state index contributed by atoms with van der Waals surface area (Å²) < 4.78 is 21.4. The molecule has 0 radical (unpaired) electrons. The van der Waals surface area contributed by atoms with Crippen molar-refractivity contribution in [3.63, 3.8) is 0 Å². The molecule has 0 aliphatic rings. The maximum absolute atomic E-state index is 12.6. The number of rotatable bonds is 25. The van der Waals surface area contributed by atoms with Crippen molar-refractivity contribution >= 4 is 5.97 Å². The molecule has 1 heterocycles. The zero-order chi connectivity index (χ0) is 28.7. The summed E-state index contributed by atoms with van der Waals surface area (Å²) in [7, 11) is 0. The number of nitrogens with zero attached hydrogens (tertiary/aromatic N) is 2. The van der Waals surface area contributed by atoms with Gasteiger partial charge in [0, 0.05) is 13.2 Å². The summed E-state index contributed by atoms with van der Waals surface area (Å²) in [4.78, 5) is 12.6. The average Bonchev–Trinajstić information content (AvgIpc) is 3.43. The maximum atomic E-state index is 12.6. The van der Waals surface area contributed by atoms with Crippen molar-refractivity contribution < 1.29 is 23.6 Å². The number of carbonyl (C=O) groups is 1. The van der Waals surface area contributed by atoms with Crippen molar-refractivity contribution in [3.05, 3.63) is 54.1 Å². The molecular formula is C34H57N2O4+. The van der Waals surface area contributed by atoms with E-state index in [0.717, 1.165) is 31.7 Å². The molecule has 2 rings (SSSR count). The third-order valence-electron chi connectivity index (χ3n) is 7.41. The lowest BCUT2D eigenvalue weighted by Crippen LogP contribution is -2.31. The van der Waals surface area contributed by atoms with E-state index in [2.05, 4.69) is 41.7 Å². The van der Waals surface area contributed by atoms with Gasteiger partial charge in [0.05, 0.1) is 18.7 Å². The zero-order valence-corrected chi connectivity index (χ0v) is 25.8. The summed E-state index contributed by atoms with van der Waals surface area (Å²) in [5.74, 6) is -0.326. The van der Waals surface area contributed by atoms with Crippen LogP contribution in [0.5, 0.6) is 0 Å². The number of carbonyl (C=O) groups excluding carboxylic acids is 1. The van der Waals surface area contributed by atoms with Gasteiger partial charge in [-0.3, -0.25) is 0 Å².